The third kappa shape index (κ3) is 2.87. The van der Waals surface area contributed by atoms with Crippen molar-refractivity contribution < 1.29 is 14.7 Å². The standard InChI is InChI=1S/C19H16N4O3/c1-22-16-14-5-3-2-4-12(14)10-15(17(16)24)19(26)23(21)13-8-6-11(7-9-13)18(20)25/h2-10,24H,1,21H2,(H2,20,25). The molecule has 3 rings (SSSR count). The van der Waals surface area contributed by atoms with E-state index in [0.717, 1.165) is 5.01 Å². The van der Waals surface area contributed by atoms with Crippen molar-refractivity contribution in [2.45, 2.75) is 0 Å². The van der Waals surface area contributed by atoms with Crippen molar-refractivity contribution in [2.75, 3.05) is 5.01 Å². The number of carbonyl (C=O) groups is 2. The average molecular weight is 348 g/mol. The van der Waals surface area contributed by atoms with Gasteiger partial charge in [-0.05, 0) is 42.4 Å². The third-order valence-electron chi connectivity index (χ3n) is 4.03. The second kappa shape index (κ2) is 6.66. The lowest BCUT2D eigenvalue weighted by atomic mass is 10.0. The molecule has 0 aliphatic rings. The van der Waals surface area contributed by atoms with Gasteiger partial charge < -0.3 is 10.8 Å². The summed E-state index contributed by atoms with van der Waals surface area (Å²) >= 11 is 0. The highest BCUT2D eigenvalue weighted by Crippen LogP contribution is 2.38. The Hall–Kier alpha value is -3.71. The van der Waals surface area contributed by atoms with Crippen LogP contribution in [0.5, 0.6) is 5.75 Å². The number of phenolic OH excluding ortho intramolecular Hbond substituents is 1. The fraction of sp³-hybridized carbons (Fsp3) is 0. The second-order valence-corrected chi connectivity index (χ2v) is 5.59. The van der Waals surface area contributed by atoms with Gasteiger partial charge >= 0.3 is 0 Å². The summed E-state index contributed by atoms with van der Waals surface area (Å²) in [7, 11) is 0. The summed E-state index contributed by atoms with van der Waals surface area (Å²) in [6, 6.07) is 14.6. The minimum Gasteiger partial charge on any atom is -0.505 e. The molecule has 0 heterocycles. The van der Waals surface area contributed by atoms with Crippen molar-refractivity contribution in [1.29, 1.82) is 0 Å². The summed E-state index contributed by atoms with van der Waals surface area (Å²) in [5, 5.41) is 12.7. The van der Waals surface area contributed by atoms with E-state index in [9.17, 15) is 14.7 Å². The maximum atomic E-state index is 12.8. The molecule has 0 aliphatic carbocycles. The molecule has 0 bridgehead atoms. The van der Waals surface area contributed by atoms with Crippen LogP contribution in [0.3, 0.4) is 0 Å². The molecule has 7 nitrogen and oxygen atoms in total. The highest BCUT2D eigenvalue weighted by Gasteiger charge is 2.22. The van der Waals surface area contributed by atoms with Crippen molar-refractivity contribution in [3.63, 3.8) is 0 Å². The lowest BCUT2D eigenvalue weighted by molar-refractivity contribution is 0.0982. The number of hydrazine groups is 1. The number of primary amides is 1. The van der Waals surface area contributed by atoms with Gasteiger partial charge in [-0.3, -0.25) is 14.6 Å². The minimum atomic E-state index is -0.634. The molecule has 3 aromatic carbocycles. The van der Waals surface area contributed by atoms with Crippen LogP contribution in [-0.2, 0) is 0 Å². The molecule has 3 aromatic rings. The number of benzene rings is 3. The zero-order valence-electron chi connectivity index (χ0n) is 13.7. The third-order valence-corrected chi connectivity index (χ3v) is 4.03. The summed E-state index contributed by atoms with van der Waals surface area (Å²) in [5.41, 5.74) is 6.03. The first-order valence-corrected chi connectivity index (χ1v) is 7.64. The van der Waals surface area contributed by atoms with Crippen LogP contribution < -0.4 is 16.6 Å². The maximum absolute atomic E-state index is 12.8. The predicted molar refractivity (Wildman–Crippen MR) is 101 cm³/mol. The van der Waals surface area contributed by atoms with E-state index in [2.05, 4.69) is 11.7 Å². The largest absolute Gasteiger partial charge is 0.505 e. The van der Waals surface area contributed by atoms with Crippen LogP contribution in [-0.4, -0.2) is 23.6 Å². The minimum absolute atomic E-state index is 0.00687. The Morgan fingerprint density at radius 1 is 1.08 bits per heavy atom. The molecule has 0 spiro atoms. The van der Waals surface area contributed by atoms with Crippen LogP contribution in [0.2, 0.25) is 0 Å². The number of carbonyl (C=O) groups excluding carboxylic acids is 2. The number of hydrogen-bond donors (Lipinski definition) is 3. The molecule has 0 radical (unpaired) electrons. The van der Waals surface area contributed by atoms with Crippen LogP contribution in [0.25, 0.3) is 10.8 Å². The van der Waals surface area contributed by atoms with Gasteiger partial charge in [-0.1, -0.05) is 24.3 Å². The van der Waals surface area contributed by atoms with Crippen LogP contribution >= 0.6 is 0 Å². The van der Waals surface area contributed by atoms with E-state index in [1.165, 1.54) is 24.3 Å². The van der Waals surface area contributed by atoms with Gasteiger partial charge in [-0.25, -0.2) is 10.9 Å². The van der Waals surface area contributed by atoms with E-state index in [-0.39, 0.29) is 17.0 Å². The highest BCUT2D eigenvalue weighted by molar-refractivity contribution is 6.12. The van der Waals surface area contributed by atoms with Gasteiger partial charge in [0.05, 0.1) is 11.3 Å². The van der Waals surface area contributed by atoms with Gasteiger partial charge in [0.15, 0.2) is 5.75 Å². The molecule has 0 aromatic heterocycles. The van der Waals surface area contributed by atoms with E-state index < -0.39 is 11.8 Å². The van der Waals surface area contributed by atoms with Gasteiger partial charge in [0.25, 0.3) is 5.91 Å². The van der Waals surface area contributed by atoms with E-state index in [1.54, 1.807) is 24.3 Å². The first kappa shape index (κ1) is 17.1. The number of anilines is 1. The lowest BCUT2D eigenvalue weighted by Crippen LogP contribution is -2.37. The summed E-state index contributed by atoms with van der Waals surface area (Å²) < 4.78 is 0. The normalized spacial score (nSPS) is 10.5. The Kier molecular flexibility index (Phi) is 4.38. The number of aliphatic imine (C=N–C) groups is 1. The van der Waals surface area contributed by atoms with Crippen LogP contribution in [0.1, 0.15) is 20.7 Å². The molecule has 130 valence electrons. The van der Waals surface area contributed by atoms with E-state index in [0.29, 0.717) is 22.0 Å². The molecule has 0 aliphatic heterocycles. The van der Waals surface area contributed by atoms with E-state index in [1.807, 2.05) is 6.07 Å². The molecule has 0 saturated carbocycles. The Bertz CT molecular complexity index is 1030. The fourth-order valence-electron chi connectivity index (χ4n) is 2.67. The molecular weight excluding hydrogens is 332 g/mol. The first-order chi connectivity index (χ1) is 12.4. The van der Waals surface area contributed by atoms with Gasteiger partial charge in [0, 0.05) is 10.9 Å². The topological polar surface area (TPSA) is 122 Å². The number of phenols is 1. The molecule has 0 saturated heterocycles. The summed E-state index contributed by atoms with van der Waals surface area (Å²) in [4.78, 5) is 27.8. The summed E-state index contributed by atoms with van der Waals surface area (Å²) in [6.07, 6.45) is 0. The lowest BCUT2D eigenvalue weighted by Gasteiger charge is -2.18. The van der Waals surface area contributed by atoms with Gasteiger partial charge in [-0.2, -0.15) is 0 Å². The van der Waals surface area contributed by atoms with Crippen LogP contribution in [0, 0.1) is 0 Å². The number of amides is 2. The molecule has 7 heteroatoms. The van der Waals surface area contributed by atoms with Gasteiger partial charge in [0.1, 0.15) is 5.69 Å². The monoisotopic (exact) mass is 348 g/mol. The van der Waals surface area contributed by atoms with E-state index >= 15 is 0 Å². The number of hydrogen-bond acceptors (Lipinski definition) is 5. The smallest absolute Gasteiger partial charge is 0.276 e. The number of aromatic hydroxyl groups is 1. The molecular formula is C19H16N4O3. The Balaban J connectivity index is 2.05. The fourth-order valence-corrected chi connectivity index (χ4v) is 2.67. The van der Waals surface area contributed by atoms with Crippen molar-refractivity contribution in [2.24, 2.45) is 16.6 Å². The maximum Gasteiger partial charge on any atom is 0.276 e. The number of rotatable bonds is 4. The SMILES string of the molecule is C=Nc1c(O)c(C(=O)N(N)c2ccc(C(N)=O)cc2)cc2ccccc12. The number of fused-ring (bicyclic) bond motifs is 1. The van der Waals surface area contributed by atoms with Crippen LogP contribution in [0.15, 0.2) is 59.6 Å². The first-order valence-electron chi connectivity index (χ1n) is 7.64. The summed E-state index contributed by atoms with van der Waals surface area (Å²) in [5.74, 6) is 4.40. The zero-order valence-corrected chi connectivity index (χ0v) is 13.7. The Morgan fingerprint density at radius 3 is 2.35 bits per heavy atom. The van der Waals surface area contributed by atoms with Crippen molar-refractivity contribution in [3.8, 4) is 5.75 Å². The van der Waals surface area contributed by atoms with Gasteiger partial charge in [0.2, 0.25) is 5.91 Å². The quantitative estimate of drug-likeness (QED) is 0.290. The Labute approximate surface area is 149 Å². The average Bonchev–Trinajstić information content (AvgIpc) is 2.66. The van der Waals surface area contributed by atoms with Crippen molar-refractivity contribution >= 4 is 40.7 Å². The molecule has 2 amide bonds. The van der Waals surface area contributed by atoms with Crippen molar-refractivity contribution in [3.05, 3.63) is 65.7 Å². The number of nitrogens with two attached hydrogens (primary N) is 2. The van der Waals surface area contributed by atoms with Crippen LogP contribution in [0.4, 0.5) is 11.4 Å². The Morgan fingerprint density at radius 2 is 1.73 bits per heavy atom. The molecule has 5 N–H and O–H groups in total. The molecule has 0 fully saturated rings. The highest BCUT2D eigenvalue weighted by atomic mass is 16.3. The molecule has 26 heavy (non-hydrogen) atoms. The second-order valence-electron chi connectivity index (χ2n) is 5.59. The van der Waals surface area contributed by atoms with E-state index in [4.69, 9.17) is 11.6 Å². The number of nitrogens with zero attached hydrogens (tertiary/aromatic N) is 2. The zero-order chi connectivity index (χ0) is 18.8. The molecule has 0 unspecified atom stereocenters. The predicted octanol–water partition coefficient (Wildman–Crippen LogP) is 2.50. The van der Waals surface area contributed by atoms with Gasteiger partial charge in [-0.15, -0.1) is 0 Å². The molecule has 0 atom stereocenters. The van der Waals surface area contributed by atoms with Crippen molar-refractivity contribution in [1.82, 2.24) is 0 Å². The summed E-state index contributed by atoms with van der Waals surface area (Å²) in [6.45, 7) is 3.46.